The van der Waals surface area contributed by atoms with Crippen molar-refractivity contribution in [3.05, 3.63) is 11.6 Å². The Morgan fingerprint density at radius 2 is 2.43 bits per heavy atom. The molecule has 0 aliphatic rings. The minimum absolute atomic E-state index is 0.243. The van der Waals surface area contributed by atoms with Crippen molar-refractivity contribution >= 4 is 28.6 Å². The van der Waals surface area contributed by atoms with Crippen molar-refractivity contribution in [2.24, 2.45) is 0 Å². The molecular formula is C8H11ClN5+. The number of aromatic amines is 2. The quantitative estimate of drug-likeness (QED) is 0.753. The molecule has 3 N–H and O–H groups in total. The SMILES string of the molecule is CCCNc1nc(Cl)nc2[nH+]c[nH]c12. The molecule has 0 radical (unpaired) electrons. The molecule has 2 heterocycles. The number of rotatable bonds is 3. The van der Waals surface area contributed by atoms with Gasteiger partial charge in [-0.3, -0.25) is 4.98 Å². The van der Waals surface area contributed by atoms with Gasteiger partial charge in [-0.05, 0) is 18.0 Å². The van der Waals surface area contributed by atoms with Gasteiger partial charge in [0, 0.05) is 6.54 Å². The third kappa shape index (κ3) is 1.63. The summed E-state index contributed by atoms with van der Waals surface area (Å²) in [4.78, 5) is 14.1. The van der Waals surface area contributed by atoms with E-state index in [1.165, 1.54) is 0 Å². The predicted molar refractivity (Wildman–Crippen MR) is 54.2 cm³/mol. The average Bonchev–Trinajstić information content (AvgIpc) is 2.61. The van der Waals surface area contributed by atoms with E-state index >= 15 is 0 Å². The Labute approximate surface area is 85.9 Å². The van der Waals surface area contributed by atoms with Crippen molar-refractivity contribution < 1.29 is 4.98 Å². The minimum Gasteiger partial charge on any atom is -0.367 e. The summed E-state index contributed by atoms with van der Waals surface area (Å²) >= 11 is 5.76. The highest BCUT2D eigenvalue weighted by Gasteiger charge is 2.13. The molecule has 2 aromatic heterocycles. The molecule has 0 saturated heterocycles. The summed E-state index contributed by atoms with van der Waals surface area (Å²) < 4.78 is 0. The first-order chi connectivity index (χ1) is 6.81. The van der Waals surface area contributed by atoms with Crippen LogP contribution in [0.4, 0.5) is 5.82 Å². The van der Waals surface area contributed by atoms with E-state index in [9.17, 15) is 0 Å². The van der Waals surface area contributed by atoms with Crippen LogP contribution in [0.25, 0.3) is 11.2 Å². The lowest BCUT2D eigenvalue weighted by Gasteiger charge is -2.01. The Balaban J connectivity index is 2.44. The van der Waals surface area contributed by atoms with E-state index in [1.807, 2.05) is 0 Å². The summed E-state index contributed by atoms with van der Waals surface area (Å²) in [6.45, 7) is 2.95. The van der Waals surface area contributed by atoms with Gasteiger partial charge in [0.15, 0.2) is 12.1 Å². The number of halogens is 1. The molecule has 0 amide bonds. The third-order valence-corrected chi connectivity index (χ3v) is 2.02. The van der Waals surface area contributed by atoms with Crippen molar-refractivity contribution in [3.63, 3.8) is 0 Å². The second kappa shape index (κ2) is 3.79. The Morgan fingerprint density at radius 3 is 3.21 bits per heavy atom. The normalized spacial score (nSPS) is 10.7. The molecule has 0 fully saturated rings. The zero-order chi connectivity index (χ0) is 9.97. The van der Waals surface area contributed by atoms with Gasteiger partial charge in [-0.2, -0.15) is 4.98 Å². The summed E-state index contributed by atoms with van der Waals surface area (Å²) in [5.74, 6) is 0.739. The number of imidazole rings is 1. The Bertz CT molecular complexity index is 438. The van der Waals surface area contributed by atoms with E-state index in [1.54, 1.807) is 6.33 Å². The van der Waals surface area contributed by atoms with Crippen LogP contribution >= 0.6 is 11.6 Å². The molecule has 0 aromatic carbocycles. The summed E-state index contributed by atoms with van der Waals surface area (Å²) in [6.07, 6.45) is 2.74. The molecule has 5 nitrogen and oxygen atoms in total. The Kier molecular flexibility index (Phi) is 2.49. The molecule has 6 heteroatoms. The van der Waals surface area contributed by atoms with Crippen molar-refractivity contribution in [2.45, 2.75) is 13.3 Å². The van der Waals surface area contributed by atoms with Crippen molar-refractivity contribution in [3.8, 4) is 0 Å². The van der Waals surface area contributed by atoms with Gasteiger partial charge in [-0.15, -0.1) is 0 Å². The fourth-order valence-corrected chi connectivity index (χ4v) is 1.39. The Morgan fingerprint density at radius 1 is 1.57 bits per heavy atom. The largest absolute Gasteiger partial charge is 0.367 e. The number of hydrogen-bond acceptors (Lipinski definition) is 3. The maximum Gasteiger partial charge on any atom is 0.306 e. The molecule has 0 aliphatic carbocycles. The van der Waals surface area contributed by atoms with Gasteiger partial charge in [0.25, 0.3) is 0 Å². The average molecular weight is 213 g/mol. The Hall–Kier alpha value is -1.36. The molecule has 0 aliphatic heterocycles. The fraction of sp³-hybridized carbons (Fsp3) is 0.375. The zero-order valence-electron chi connectivity index (χ0n) is 7.76. The number of fused-ring (bicyclic) bond motifs is 1. The zero-order valence-corrected chi connectivity index (χ0v) is 8.52. The topological polar surface area (TPSA) is 67.7 Å². The highest BCUT2D eigenvalue weighted by molar-refractivity contribution is 6.28. The number of anilines is 1. The molecule has 0 atom stereocenters. The second-order valence-corrected chi connectivity index (χ2v) is 3.26. The summed E-state index contributed by atoms with van der Waals surface area (Å²) in [6, 6.07) is 0. The standard InChI is InChI=1S/C8H10ClN5/c1-2-3-10-6-5-7(12-4-11-5)14-8(9)13-6/h4H,2-3H2,1H3,(H2,10,11,12,13,14)/p+1. The lowest BCUT2D eigenvalue weighted by Crippen LogP contribution is -2.05. The van der Waals surface area contributed by atoms with Crippen LogP contribution in [-0.4, -0.2) is 21.5 Å². The summed E-state index contributed by atoms with van der Waals surface area (Å²) in [5.41, 5.74) is 1.56. The molecular weight excluding hydrogens is 202 g/mol. The molecule has 0 bridgehead atoms. The van der Waals surface area contributed by atoms with Crippen molar-refractivity contribution in [1.29, 1.82) is 0 Å². The van der Waals surface area contributed by atoms with Crippen LogP contribution in [0.1, 0.15) is 13.3 Å². The number of hydrogen-bond donors (Lipinski definition) is 2. The highest BCUT2D eigenvalue weighted by Crippen LogP contribution is 2.16. The molecule has 0 saturated carbocycles. The fourth-order valence-electron chi connectivity index (χ4n) is 1.22. The number of nitrogens with one attached hydrogen (secondary N) is 3. The first-order valence-electron chi connectivity index (χ1n) is 4.47. The van der Waals surface area contributed by atoms with E-state index < -0.39 is 0 Å². The minimum atomic E-state index is 0.243. The predicted octanol–water partition coefficient (Wildman–Crippen LogP) is 1.25. The van der Waals surface area contributed by atoms with E-state index in [4.69, 9.17) is 11.6 Å². The van der Waals surface area contributed by atoms with Gasteiger partial charge in [0.1, 0.15) is 0 Å². The molecule has 2 aromatic rings. The van der Waals surface area contributed by atoms with Gasteiger partial charge in [-0.1, -0.05) is 11.9 Å². The van der Waals surface area contributed by atoms with Crippen LogP contribution in [0.3, 0.4) is 0 Å². The van der Waals surface area contributed by atoms with E-state index in [-0.39, 0.29) is 5.28 Å². The molecule has 0 unspecified atom stereocenters. The smallest absolute Gasteiger partial charge is 0.306 e. The molecule has 14 heavy (non-hydrogen) atoms. The lowest BCUT2D eigenvalue weighted by molar-refractivity contribution is -0.347. The van der Waals surface area contributed by atoms with E-state index in [0.29, 0.717) is 5.65 Å². The third-order valence-electron chi connectivity index (χ3n) is 1.85. The summed E-state index contributed by atoms with van der Waals surface area (Å²) in [5, 5.41) is 3.42. The van der Waals surface area contributed by atoms with Crippen LogP contribution in [0.5, 0.6) is 0 Å². The molecule has 0 spiro atoms. The van der Waals surface area contributed by atoms with E-state index in [2.05, 4.69) is 32.2 Å². The van der Waals surface area contributed by atoms with Crippen LogP contribution in [0.2, 0.25) is 5.28 Å². The van der Waals surface area contributed by atoms with Crippen LogP contribution in [0.15, 0.2) is 6.33 Å². The van der Waals surface area contributed by atoms with Gasteiger partial charge in [-0.25, -0.2) is 4.98 Å². The molecule has 2 rings (SSSR count). The first-order valence-corrected chi connectivity index (χ1v) is 4.85. The maximum absolute atomic E-state index is 5.76. The highest BCUT2D eigenvalue weighted by atomic mass is 35.5. The van der Waals surface area contributed by atoms with Gasteiger partial charge in [0.2, 0.25) is 5.52 Å². The van der Waals surface area contributed by atoms with Crippen molar-refractivity contribution in [2.75, 3.05) is 11.9 Å². The van der Waals surface area contributed by atoms with Gasteiger partial charge >= 0.3 is 10.9 Å². The first kappa shape index (κ1) is 9.21. The van der Waals surface area contributed by atoms with Crippen molar-refractivity contribution in [1.82, 2.24) is 15.0 Å². The second-order valence-electron chi connectivity index (χ2n) is 2.92. The number of H-pyrrole nitrogens is 2. The number of aromatic nitrogens is 4. The van der Waals surface area contributed by atoms with Crippen LogP contribution < -0.4 is 10.3 Å². The monoisotopic (exact) mass is 212 g/mol. The van der Waals surface area contributed by atoms with E-state index in [0.717, 1.165) is 24.3 Å². The maximum atomic E-state index is 5.76. The van der Waals surface area contributed by atoms with Gasteiger partial charge in [0.05, 0.1) is 0 Å². The lowest BCUT2D eigenvalue weighted by atomic mass is 10.4. The van der Waals surface area contributed by atoms with Crippen LogP contribution in [0, 0.1) is 0 Å². The molecule has 74 valence electrons. The summed E-state index contributed by atoms with van der Waals surface area (Å²) in [7, 11) is 0. The number of nitrogens with zero attached hydrogens (tertiary/aromatic N) is 2. The van der Waals surface area contributed by atoms with Gasteiger partial charge < -0.3 is 5.32 Å². The van der Waals surface area contributed by atoms with Crippen LogP contribution in [-0.2, 0) is 0 Å².